The third-order valence-corrected chi connectivity index (χ3v) is 3.17. The van der Waals surface area contributed by atoms with Crippen LogP contribution in [-0.2, 0) is 0 Å². The van der Waals surface area contributed by atoms with Gasteiger partial charge in [0.1, 0.15) is 29.1 Å². The molecule has 0 aromatic heterocycles. The van der Waals surface area contributed by atoms with Crippen LogP contribution in [0.25, 0.3) is 0 Å². The number of rotatable bonds is 2. The first-order valence-electron chi connectivity index (χ1n) is 5.35. The number of hydrogen-bond acceptors (Lipinski definition) is 1. The second kappa shape index (κ2) is 5.49. The van der Waals surface area contributed by atoms with Crippen molar-refractivity contribution in [1.29, 1.82) is 0 Å². The summed E-state index contributed by atoms with van der Waals surface area (Å²) in [6.07, 6.45) is 0. The Morgan fingerprint density at radius 1 is 0.750 bits per heavy atom. The molecule has 0 saturated carbocycles. The maximum absolute atomic E-state index is 13.7. The van der Waals surface area contributed by atoms with Gasteiger partial charge in [-0.25, -0.2) is 22.0 Å². The molecular formula is C13H7BrF5N. The SMILES string of the molecule is NC(c1c(F)cc(F)cc1F)c1c(F)cc(Br)cc1F. The van der Waals surface area contributed by atoms with Crippen LogP contribution in [0.3, 0.4) is 0 Å². The Kier molecular flexibility index (Phi) is 4.10. The van der Waals surface area contributed by atoms with Gasteiger partial charge in [-0.2, -0.15) is 0 Å². The molecule has 0 aliphatic carbocycles. The van der Waals surface area contributed by atoms with Crippen molar-refractivity contribution in [3.05, 3.63) is 69.0 Å². The summed E-state index contributed by atoms with van der Waals surface area (Å²) in [7, 11) is 0. The molecule has 0 bridgehead atoms. The summed E-state index contributed by atoms with van der Waals surface area (Å²) in [6, 6.07) is 0.887. The third kappa shape index (κ3) is 2.69. The summed E-state index contributed by atoms with van der Waals surface area (Å²) in [5.41, 5.74) is 4.03. The van der Waals surface area contributed by atoms with Gasteiger partial charge in [0, 0.05) is 27.7 Å². The smallest absolute Gasteiger partial charge is 0.134 e. The maximum atomic E-state index is 13.7. The lowest BCUT2D eigenvalue weighted by Gasteiger charge is -2.16. The summed E-state index contributed by atoms with van der Waals surface area (Å²) in [5.74, 6) is -5.89. The van der Waals surface area contributed by atoms with Gasteiger partial charge in [-0.05, 0) is 12.1 Å². The molecule has 1 nitrogen and oxygen atoms in total. The van der Waals surface area contributed by atoms with Gasteiger partial charge in [0.2, 0.25) is 0 Å². The van der Waals surface area contributed by atoms with Gasteiger partial charge in [-0.15, -0.1) is 0 Å². The molecule has 0 spiro atoms. The summed E-state index contributed by atoms with van der Waals surface area (Å²) in [5, 5.41) is 0. The zero-order valence-corrected chi connectivity index (χ0v) is 11.3. The first kappa shape index (κ1) is 14.9. The fourth-order valence-electron chi connectivity index (χ4n) is 1.85. The van der Waals surface area contributed by atoms with Crippen molar-refractivity contribution in [1.82, 2.24) is 0 Å². The number of nitrogens with two attached hydrogens (primary N) is 1. The van der Waals surface area contributed by atoms with Gasteiger partial charge in [-0.3, -0.25) is 0 Å². The van der Waals surface area contributed by atoms with Crippen molar-refractivity contribution in [3.63, 3.8) is 0 Å². The molecule has 0 fully saturated rings. The van der Waals surface area contributed by atoms with E-state index in [1.54, 1.807) is 0 Å². The highest BCUT2D eigenvalue weighted by Crippen LogP contribution is 2.30. The third-order valence-electron chi connectivity index (χ3n) is 2.71. The molecule has 2 N–H and O–H groups in total. The molecule has 0 aliphatic heterocycles. The van der Waals surface area contributed by atoms with Crippen molar-refractivity contribution < 1.29 is 22.0 Å². The standard InChI is InChI=1S/C13H7BrF5N/c14-5-1-7(16)11(8(17)2-5)13(20)12-9(18)3-6(15)4-10(12)19/h1-4,13H,20H2. The van der Waals surface area contributed by atoms with E-state index in [1.165, 1.54) is 0 Å². The average molecular weight is 352 g/mol. The van der Waals surface area contributed by atoms with Crippen LogP contribution in [0.5, 0.6) is 0 Å². The normalized spacial score (nSPS) is 12.6. The fourth-order valence-corrected chi connectivity index (χ4v) is 2.25. The zero-order chi connectivity index (χ0) is 15.0. The van der Waals surface area contributed by atoms with E-state index in [0.29, 0.717) is 12.1 Å². The fraction of sp³-hybridized carbons (Fsp3) is 0.0769. The largest absolute Gasteiger partial charge is 0.320 e. The van der Waals surface area contributed by atoms with Gasteiger partial charge in [0.05, 0.1) is 6.04 Å². The van der Waals surface area contributed by atoms with Crippen LogP contribution < -0.4 is 5.73 Å². The van der Waals surface area contributed by atoms with Crippen molar-refractivity contribution in [2.75, 3.05) is 0 Å². The highest BCUT2D eigenvalue weighted by atomic mass is 79.9. The lowest BCUT2D eigenvalue weighted by atomic mass is 9.97. The minimum atomic E-state index is -1.73. The van der Waals surface area contributed by atoms with E-state index in [2.05, 4.69) is 15.9 Å². The van der Waals surface area contributed by atoms with E-state index in [-0.39, 0.29) is 4.47 Å². The zero-order valence-electron chi connectivity index (χ0n) is 9.73. The molecular weight excluding hydrogens is 345 g/mol. The Morgan fingerprint density at radius 2 is 1.10 bits per heavy atom. The topological polar surface area (TPSA) is 26.0 Å². The summed E-state index contributed by atoms with van der Waals surface area (Å²) in [4.78, 5) is 0. The van der Waals surface area contributed by atoms with Crippen LogP contribution >= 0.6 is 15.9 Å². The van der Waals surface area contributed by atoms with Crippen molar-refractivity contribution in [2.45, 2.75) is 6.04 Å². The molecule has 20 heavy (non-hydrogen) atoms. The lowest BCUT2D eigenvalue weighted by molar-refractivity contribution is 0.496. The summed E-state index contributed by atoms with van der Waals surface area (Å²) >= 11 is 2.87. The first-order valence-corrected chi connectivity index (χ1v) is 6.15. The highest BCUT2D eigenvalue weighted by Gasteiger charge is 2.25. The van der Waals surface area contributed by atoms with Crippen LogP contribution in [0.15, 0.2) is 28.7 Å². The summed E-state index contributed by atoms with van der Waals surface area (Å²) < 4.78 is 67.5. The molecule has 0 saturated heterocycles. The van der Waals surface area contributed by atoms with Crippen LogP contribution in [-0.4, -0.2) is 0 Å². The Bertz CT molecular complexity index is 570. The van der Waals surface area contributed by atoms with Gasteiger partial charge in [-0.1, -0.05) is 15.9 Å². The molecule has 2 rings (SSSR count). The molecule has 0 radical (unpaired) electrons. The molecule has 1 atom stereocenters. The van der Waals surface area contributed by atoms with Crippen LogP contribution in [0.4, 0.5) is 22.0 Å². The predicted octanol–water partition coefficient (Wildman–Crippen LogP) is 4.19. The maximum Gasteiger partial charge on any atom is 0.134 e. The van der Waals surface area contributed by atoms with Gasteiger partial charge >= 0.3 is 0 Å². The lowest BCUT2D eigenvalue weighted by Crippen LogP contribution is -2.19. The van der Waals surface area contributed by atoms with E-state index in [1.807, 2.05) is 0 Å². The minimum Gasteiger partial charge on any atom is -0.320 e. The van der Waals surface area contributed by atoms with Crippen LogP contribution in [0, 0.1) is 29.1 Å². The van der Waals surface area contributed by atoms with Crippen LogP contribution in [0.2, 0.25) is 0 Å². The number of hydrogen-bond donors (Lipinski definition) is 1. The Labute approximate surface area is 119 Å². The number of halogens is 6. The Balaban J connectivity index is 2.61. The molecule has 0 amide bonds. The molecule has 106 valence electrons. The Morgan fingerprint density at radius 3 is 1.50 bits per heavy atom. The number of benzene rings is 2. The van der Waals surface area contributed by atoms with Gasteiger partial charge in [0.15, 0.2) is 0 Å². The monoisotopic (exact) mass is 351 g/mol. The second-order valence-corrected chi connectivity index (χ2v) is 4.96. The predicted molar refractivity (Wildman–Crippen MR) is 66.4 cm³/mol. The van der Waals surface area contributed by atoms with Crippen molar-refractivity contribution in [3.8, 4) is 0 Å². The van der Waals surface area contributed by atoms with Gasteiger partial charge in [0.25, 0.3) is 0 Å². The molecule has 0 heterocycles. The Hall–Kier alpha value is -1.47. The molecule has 7 heteroatoms. The van der Waals surface area contributed by atoms with E-state index < -0.39 is 46.3 Å². The second-order valence-electron chi connectivity index (χ2n) is 4.04. The molecule has 1 unspecified atom stereocenters. The van der Waals surface area contributed by atoms with Gasteiger partial charge < -0.3 is 5.73 Å². The van der Waals surface area contributed by atoms with E-state index in [9.17, 15) is 22.0 Å². The quantitative estimate of drug-likeness (QED) is 0.806. The summed E-state index contributed by atoms with van der Waals surface area (Å²) in [6.45, 7) is 0. The minimum absolute atomic E-state index is 0.114. The van der Waals surface area contributed by atoms with Crippen molar-refractivity contribution in [2.24, 2.45) is 5.73 Å². The first-order chi connectivity index (χ1) is 9.31. The van der Waals surface area contributed by atoms with Crippen LogP contribution in [0.1, 0.15) is 17.2 Å². The van der Waals surface area contributed by atoms with E-state index in [0.717, 1.165) is 12.1 Å². The average Bonchev–Trinajstić information content (AvgIpc) is 2.25. The van der Waals surface area contributed by atoms with E-state index in [4.69, 9.17) is 5.73 Å². The molecule has 2 aromatic carbocycles. The molecule has 2 aromatic rings. The van der Waals surface area contributed by atoms with E-state index >= 15 is 0 Å². The highest BCUT2D eigenvalue weighted by molar-refractivity contribution is 9.10. The molecule has 0 aliphatic rings. The van der Waals surface area contributed by atoms with Crippen molar-refractivity contribution >= 4 is 15.9 Å².